The molecule has 0 saturated carbocycles. The Bertz CT molecular complexity index is 593. The molecule has 1 aromatic rings. The fraction of sp³-hybridized carbons (Fsp3) is 0.500. The number of nitrogens with two attached hydrogens (primary N) is 1. The highest BCUT2D eigenvalue weighted by molar-refractivity contribution is 7.89. The number of carbonyl (C=O) groups is 1. The van der Waals surface area contributed by atoms with Crippen LogP contribution in [0.4, 0.5) is 4.79 Å². The number of urea groups is 1. The molecule has 1 fully saturated rings. The Labute approximate surface area is 125 Å². The van der Waals surface area contributed by atoms with Crippen molar-refractivity contribution in [3.05, 3.63) is 29.8 Å². The molecule has 1 saturated heterocycles. The van der Waals surface area contributed by atoms with Gasteiger partial charge in [-0.05, 0) is 30.5 Å². The van der Waals surface area contributed by atoms with Crippen LogP contribution in [-0.4, -0.2) is 32.4 Å². The van der Waals surface area contributed by atoms with Gasteiger partial charge in [0.25, 0.3) is 0 Å². The fourth-order valence-electron chi connectivity index (χ4n) is 2.40. The van der Waals surface area contributed by atoms with Crippen LogP contribution < -0.4 is 10.5 Å². The van der Waals surface area contributed by atoms with Gasteiger partial charge in [-0.15, -0.1) is 0 Å². The first kappa shape index (κ1) is 15.8. The molecule has 6 nitrogen and oxygen atoms in total. The highest BCUT2D eigenvalue weighted by atomic mass is 32.2. The summed E-state index contributed by atoms with van der Waals surface area (Å²) in [5, 5.41) is 7.92. The minimum Gasteiger partial charge on any atom is -0.334 e. The fourth-order valence-corrected chi connectivity index (χ4v) is 2.98. The van der Waals surface area contributed by atoms with Gasteiger partial charge in [0, 0.05) is 19.6 Å². The standard InChI is InChI=1S/C14H21N3O3S/c15-21(19,20)13-7-5-6-12(10-13)11-16-14(18)17-8-3-1-2-4-9-17/h5-7,10H,1-4,8-9,11H2,(H,16,18)(H2,15,19,20). The summed E-state index contributed by atoms with van der Waals surface area (Å²) in [4.78, 5) is 14.0. The number of benzene rings is 1. The number of primary sulfonamides is 1. The lowest BCUT2D eigenvalue weighted by molar-refractivity contribution is 0.199. The average Bonchev–Trinajstić information content (AvgIpc) is 2.73. The van der Waals surface area contributed by atoms with E-state index in [0.717, 1.165) is 25.9 Å². The second kappa shape index (κ2) is 6.91. The van der Waals surface area contributed by atoms with Crippen LogP contribution in [0.25, 0.3) is 0 Å². The van der Waals surface area contributed by atoms with Crippen molar-refractivity contribution in [1.82, 2.24) is 10.2 Å². The van der Waals surface area contributed by atoms with Gasteiger partial charge in [-0.25, -0.2) is 18.4 Å². The summed E-state index contributed by atoms with van der Waals surface area (Å²) in [7, 11) is -3.71. The summed E-state index contributed by atoms with van der Waals surface area (Å²) in [5.41, 5.74) is 0.713. The molecule has 7 heteroatoms. The van der Waals surface area contributed by atoms with Gasteiger partial charge in [0.05, 0.1) is 4.90 Å². The van der Waals surface area contributed by atoms with E-state index in [9.17, 15) is 13.2 Å². The van der Waals surface area contributed by atoms with Gasteiger partial charge in [-0.2, -0.15) is 0 Å². The highest BCUT2D eigenvalue weighted by Gasteiger charge is 2.15. The molecule has 3 N–H and O–H groups in total. The third-order valence-electron chi connectivity index (χ3n) is 3.56. The average molecular weight is 311 g/mol. The number of nitrogens with one attached hydrogen (secondary N) is 1. The Morgan fingerprint density at radius 2 is 1.86 bits per heavy atom. The summed E-state index contributed by atoms with van der Waals surface area (Å²) in [6, 6.07) is 6.20. The number of amides is 2. The lowest BCUT2D eigenvalue weighted by Crippen LogP contribution is -2.40. The Morgan fingerprint density at radius 3 is 2.48 bits per heavy atom. The number of hydrogen-bond acceptors (Lipinski definition) is 3. The maximum absolute atomic E-state index is 12.1. The third-order valence-corrected chi connectivity index (χ3v) is 4.47. The molecule has 1 aliphatic rings. The van der Waals surface area contributed by atoms with Crippen LogP contribution in [0.2, 0.25) is 0 Å². The number of likely N-dealkylation sites (tertiary alicyclic amines) is 1. The van der Waals surface area contributed by atoms with E-state index in [0.29, 0.717) is 12.1 Å². The van der Waals surface area contributed by atoms with Crippen LogP contribution >= 0.6 is 0 Å². The number of hydrogen-bond donors (Lipinski definition) is 2. The van der Waals surface area contributed by atoms with E-state index in [1.54, 1.807) is 12.1 Å². The first-order valence-electron chi connectivity index (χ1n) is 7.11. The van der Waals surface area contributed by atoms with E-state index < -0.39 is 10.0 Å². The van der Waals surface area contributed by atoms with Crippen molar-refractivity contribution < 1.29 is 13.2 Å². The summed E-state index contributed by atoms with van der Waals surface area (Å²) < 4.78 is 22.6. The largest absolute Gasteiger partial charge is 0.334 e. The Hall–Kier alpha value is -1.60. The van der Waals surface area contributed by atoms with Gasteiger partial charge >= 0.3 is 6.03 Å². The lowest BCUT2D eigenvalue weighted by Gasteiger charge is -2.20. The molecular formula is C14H21N3O3S. The van der Waals surface area contributed by atoms with Crippen LogP contribution in [-0.2, 0) is 16.6 Å². The zero-order valence-electron chi connectivity index (χ0n) is 11.9. The minimum atomic E-state index is -3.71. The first-order valence-corrected chi connectivity index (χ1v) is 8.66. The normalized spacial score (nSPS) is 16.3. The van der Waals surface area contributed by atoms with E-state index >= 15 is 0 Å². The second-order valence-electron chi connectivity index (χ2n) is 5.25. The van der Waals surface area contributed by atoms with E-state index in [2.05, 4.69) is 5.32 Å². The maximum atomic E-state index is 12.1. The van der Waals surface area contributed by atoms with E-state index in [1.807, 2.05) is 4.90 Å². The SMILES string of the molecule is NS(=O)(=O)c1cccc(CNC(=O)N2CCCCCC2)c1. The zero-order chi connectivity index (χ0) is 15.3. The lowest BCUT2D eigenvalue weighted by atomic mass is 10.2. The molecule has 0 radical (unpaired) electrons. The van der Waals surface area contributed by atoms with Crippen molar-refractivity contribution in [3.63, 3.8) is 0 Å². The Balaban J connectivity index is 1.94. The smallest absolute Gasteiger partial charge is 0.317 e. The van der Waals surface area contributed by atoms with Crippen LogP contribution in [0.5, 0.6) is 0 Å². The first-order chi connectivity index (χ1) is 9.97. The van der Waals surface area contributed by atoms with Gasteiger partial charge in [0.2, 0.25) is 10.0 Å². The van der Waals surface area contributed by atoms with Crippen molar-refractivity contribution in [2.45, 2.75) is 37.1 Å². The summed E-state index contributed by atoms with van der Waals surface area (Å²) in [6.07, 6.45) is 4.41. The molecule has 0 aliphatic carbocycles. The quantitative estimate of drug-likeness (QED) is 0.884. The van der Waals surface area contributed by atoms with Gasteiger partial charge in [0.15, 0.2) is 0 Å². The monoisotopic (exact) mass is 311 g/mol. The molecule has 0 atom stereocenters. The molecule has 2 amide bonds. The van der Waals surface area contributed by atoms with Crippen LogP contribution in [0.1, 0.15) is 31.2 Å². The Kier molecular flexibility index (Phi) is 5.19. The van der Waals surface area contributed by atoms with Gasteiger partial charge in [-0.1, -0.05) is 25.0 Å². The number of rotatable bonds is 3. The van der Waals surface area contributed by atoms with E-state index in [4.69, 9.17) is 5.14 Å². The number of nitrogens with zero attached hydrogens (tertiary/aromatic N) is 1. The van der Waals surface area contributed by atoms with E-state index in [1.165, 1.54) is 25.0 Å². The summed E-state index contributed by atoms with van der Waals surface area (Å²) >= 11 is 0. The second-order valence-corrected chi connectivity index (χ2v) is 6.81. The van der Waals surface area contributed by atoms with Crippen molar-refractivity contribution in [2.75, 3.05) is 13.1 Å². The predicted octanol–water partition coefficient (Wildman–Crippen LogP) is 1.42. The molecule has 21 heavy (non-hydrogen) atoms. The van der Waals surface area contributed by atoms with Gasteiger partial charge in [-0.3, -0.25) is 0 Å². The topological polar surface area (TPSA) is 92.5 Å². The highest BCUT2D eigenvalue weighted by Crippen LogP contribution is 2.11. The summed E-state index contributed by atoms with van der Waals surface area (Å²) in [5.74, 6) is 0. The van der Waals surface area contributed by atoms with Crippen LogP contribution in [0, 0.1) is 0 Å². The predicted molar refractivity (Wildman–Crippen MR) is 80.1 cm³/mol. The number of carbonyl (C=O) groups excluding carboxylic acids is 1. The molecule has 0 bridgehead atoms. The molecule has 0 spiro atoms. The third kappa shape index (κ3) is 4.71. The van der Waals surface area contributed by atoms with Crippen molar-refractivity contribution in [3.8, 4) is 0 Å². The molecule has 0 unspecified atom stereocenters. The molecule has 1 aromatic carbocycles. The number of sulfonamides is 1. The summed E-state index contributed by atoms with van der Waals surface area (Å²) in [6.45, 7) is 1.85. The van der Waals surface area contributed by atoms with Crippen molar-refractivity contribution >= 4 is 16.1 Å². The van der Waals surface area contributed by atoms with Crippen molar-refractivity contribution in [2.24, 2.45) is 5.14 Å². The van der Waals surface area contributed by atoms with Gasteiger partial charge in [0.1, 0.15) is 0 Å². The molecule has 116 valence electrons. The zero-order valence-corrected chi connectivity index (χ0v) is 12.7. The Morgan fingerprint density at radius 1 is 1.19 bits per heavy atom. The molecule has 1 aliphatic heterocycles. The maximum Gasteiger partial charge on any atom is 0.317 e. The van der Waals surface area contributed by atoms with Crippen molar-refractivity contribution in [1.29, 1.82) is 0 Å². The van der Waals surface area contributed by atoms with Crippen LogP contribution in [0.3, 0.4) is 0 Å². The van der Waals surface area contributed by atoms with E-state index in [-0.39, 0.29) is 10.9 Å². The minimum absolute atomic E-state index is 0.0593. The molecule has 1 heterocycles. The van der Waals surface area contributed by atoms with Crippen LogP contribution in [0.15, 0.2) is 29.2 Å². The molecule has 0 aromatic heterocycles. The van der Waals surface area contributed by atoms with Gasteiger partial charge < -0.3 is 10.2 Å². The molecular weight excluding hydrogens is 290 g/mol. The molecule has 2 rings (SSSR count).